The molecule has 20 heavy (non-hydrogen) atoms. The molecule has 0 unspecified atom stereocenters. The second-order valence-electron chi connectivity index (χ2n) is 3.51. The Kier molecular flexibility index (Phi) is 5.18. The number of halogens is 3. The van der Waals surface area contributed by atoms with Gasteiger partial charge in [-0.3, -0.25) is 5.32 Å². The smallest absolute Gasteiger partial charge is 0.497 e. The zero-order valence-electron chi connectivity index (χ0n) is 10.4. The van der Waals surface area contributed by atoms with E-state index in [2.05, 4.69) is 9.73 Å². The van der Waals surface area contributed by atoms with Gasteiger partial charge in [-0.2, -0.15) is 4.99 Å². The van der Waals surface area contributed by atoms with E-state index in [4.69, 9.17) is 10.5 Å². The van der Waals surface area contributed by atoms with Crippen LogP contribution in [0.3, 0.4) is 0 Å². The van der Waals surface area contributed by atoms with Crippen LogP contribution in [0.2, 0.25) is 0 Å². The number of methoxy groups -OCH3 is 1. The molecule has 1 aromatic rings. The van der Waals surface area contributed by atoms with E-state index in [1.807, 2.05) is 0 Å². The summed E-state index contributed by atoms with van der Waals surface area (Å²) in [5.74, 6) is -0.461. The van der Waals surface area contributed by atoms with Gasteiger partial charge in [-0.1, -0.05) is 12.1 Å². The molecule has 0 fully saturated rings. The molecule has 0 radical (unpaired) electrons. The van der Waals surface area contributed by atoms with Gasteiger partial charge < -0.3 is 15.2 Å². The zero-order valence-corrected chi connectivity index (χ0v) is 10.4. The van der Waals surface area contributed by atoms with Crippen molar-refractivity contribution >= 4 is 12.1 Å². The van der Waals surface area contributed by atoms with E-state index in [1.165, 1.54) is 7.11 Å². The Bertz CT molecular complexity index is 486. The summed E-state index contributed by atoms with van der Waals surface area (Å²) in [6.45, 7) is -0.130. The third kappa shape index (κ3) is 5.94. The highest BCUT2D eigenvalue weighted by atomic mass is 19.4. The molecular weight excluding hydrogens is 279 g/mol. The Balaban J connectivity index is 2.45. The highest BCUT2D eigenvalue weighted by Crippen LogP contribution is 2.15. The molecule has 0 aliphatic rings. The number of ether oxygens (including phenoxy) is 2. The van der Waals surface area contributed by atoms with Crippen LogP contribution in [0.4, 0.5) is 18.0 Å². The summed E-state index contributed by atoms with van der Waals surface area (Å²) in [6, 6.07) is 6.57. The van der Waals surface area contributed by atoms with Gasteiger partial charge in [0.25, 0.3) is 0 Å². The Hall–Kier alpha value is -2.45. The van der Waals surface area contributed by atoms with Gasteiger partial charge in [0.15, 0.2) is 0 Å². The number of rotatable bonds is 3. The molecular formula is C11H12F3N3O3. The van der Waals surface area contributed by atoms with Crippen molar-refractivity contribution in [1.29, 1.82) is 0 Å². The third-order valence-corrected chi connectivity index (χ3v) is 2.01. The predicted molar refractivity (Wildman–Crippen MR) is 64.0 cm³/mol. The number of hydrogen-bond acceptors (Lipinski definition) is 4. The van der Waals surface area contributed by atoms with Crippen molar-refractivity contribution in [3.8, 4) is 5.75 Å². The average molecular weight is 291 g/mol. The first-order valence-corrected chi connectivity index (χ1v) is 5.29. The van der Waals surface area contributed by atoms with Crippen LogP contribution in [0.5, 0.6) is 5.75 Å². The van der Waals surface area contributed by atoms with E-state index in [0.29, 0.717) is 11.3 Å². The largest absolute Gasteiger partial charge is 0.506 e. The van der Waals surface area contributed by atoms with Crippen LogP contribution in [-0.4, -0.2) is 25.5 Å². The standard InChI is InChI=1S/C11H12F3N3O3/c1-19-8-4-2-7(3-5-8)6-20-10(18)16-9(15)17-11(12,13)14/h2-5H,6H2,1H3,(H3,15,16,17,18). The van der Waals surface area contributed by atoms with Crippen LogP contribution in [0, 0.1) is 0 Å². The van der Waals surface area contributed by atoms with Crippen LogP contribution >= 0.6 is 0 Å². The summed E-state index contributed by atoms with van der Waals surface area (Å²) in [7, 11) is 1.50. The number of alkyl halides is 3. The van der Waals surface area contributed by atoms with E-state index in [1.54, 1.807) is 29.6 Å². The Morgan fingerprint density at radius 3 is 2.45 bits per heavy atom. The second-order valence-corrected chi connectivity index (χ2v) is 3.51. The van der Waals surface area contributed by atoms with Gasteiger partial charge >= 0.3 is 12.4 Å². The first-order valence-electron chi connectivity index (χ1n) is 5.29. The summed E-state index contributed by atoms with van der Waals surface area (Å²) in [5.41, 5.74) is 5.50. The van der Waals surface area contributed by atoms with Crippen LogP contribution in [-0.2, 0) is 11.3 Å². The fraction of sp³-hybridized carbons (Fsp3) is 0.273. The Morgan fingerprint density at radius 2 is 1.95 bits per heavy atom. The molecule has 0 heterocycles. The van der Waals surface area contributed by atoms with Crippen LogP contribution in [0.15, 0.2) is 29.3 Å². The number of carbonyl (C=O) groups excluding carboxylic acids is 1. The van der Waals surface area contributed by atoms with Crippen molar-refractivity contribution in [2.45, 2.75) is 12.9 Å². The summed E-state index contributed by atoms with van der Waals surface area (Å²) in [6.07, 6.45) is -5.99. The van der Waals surface area contributed by atoms with Crippen LogP contribution in [0.1, 0.15) is 5.56 Å². The lowest BCUT2D eigenvalue weighted by Gasteiger charge is -2.07. The van der Waals surface area contributed by atoms with Crippen molar-refractivity contribution in [1.82, 2.24) is 5.32 Å². The molecule has 1 amide bonds. The number of guanidine groups is 1. The second kappa shape index (κ2) is 6.64. The summed E-state index contributed by atoms with van der Waals surface area (Å²) < 4.78 is 45.0. The lowest BCUT2D eigenvalue weighted by atomic mass is 10.2. The average Bonchev–Trinajstić information content (AvgIpc) is 2.34. The number of nitrogens with two attached hydrogens (primary N) is 1. The molecule has 0 saturated heterocycles. The Morgan fingerprint density at radius 1 is 1.35 bits per heavy atom. The van der Waals surface area contributed by atoms with Crippen molar-refractivity contribution in [3.63, 3.8) is 0 Å². The molecule has 0 aliphatic carbocycles. The van der Waals surface area contributed by atoms with Crippen molar-refractivity contribution in [2.24, 2.45) is 10.7 Å². The van der Waals surface area contributed by atoms with Crippen molar-refractivity contribution in [2.75, 3.05) is 7.11 Å². The number of benzene rings is 1. The number of aliphatic imine (C=N–C) groups is 1. The maximum atomic E-state index is 11.8. The summed E-state index contributed by atoms with van der Waals surface area (Å²) in [5, 5.41) is 1.65. The minimum Gasteiger partial charge on any atom is -0.497 e. The maximum Gasteiger partial charge on any atom is 0.506 e. The van der Waals surface area contributed by atoms with Crippen molar-refractivity contribution in [3.05, 3.63) is 29.8 Å². The number of carbonyl (C=O) groups is 1. The fourth-order valence-electron chi connectivity index (χ4n) is 1.18. The highest BCUT2D eigenvalue weighted by Gasteiger charge is 2.27. The SMILES string of the molecule is COc1ccc(COC(=O)N/C(N)=N/C(F)(F)F)cc1. The minimum atomic E-state index is -4.85. The lowest BCUT2D eigenvalue weighted by molar-refractivity contribution is -0.119. The van der Waals surface area contributed by atoms with Gasteiger partial charge in [-0.15, -0.1) is 13.2 Å². The van der Waals surface area contributed by atoms with Gasteiger partial charge in [0, 0.05) is 0 Å². The van der Waals surface area contributed by atoms with E-state index in [9.17, 15) is 18.0 Å². The summed E-state index contributed by atoms with van der Waals surface area (Å²) in [4.78, 5) is 13.2. The molecule has 0 spiro atoms. The van der Waals surface area contributed by atoms with E-state index < -0.39 is 18.4 Å². The third-order valence-electron chi connectivity index (χ3n) is 2.01. The van der Waals surface area contributed by atoms with Gasteiger partial charge in [-0.25, -0.2) is 4.79 Å². The Labute approximate surface area is 112 Å². The van der Waals surface area contributed by atoms with Crippen molar-refractivity contribution < 1.29 is 27.4 Å². The number of amides is 1. The molecule has 0 atom stereocenters. The molecule has 9 heteroatoms. The monoisotopic (exact) mass is 291 g/mol. The quantitative estimate of drug-likeness (QED) is 0.505. The van der Waals surface area contributed by atoms with Crippen LogP contribution < -0.4 is 15.8 Å². The molecule has 0 bridgehead atoms. The predicted octanol–water partition coefficient (Wildman–Crippen LogP) is 1.76. The maximum absolute atomic E-state index is 11.8. The van der Waals surface area contributed by atoms with Gasteiger partial charge in [0.1, 0.15) is 12.4 Å². The first-order chi connectivity index (χ1) is 9.30. The number of nitrogens with one attached hydrogen (secondary N) is 1. The van der Waals surface area contributed by atoms with Gasteiger partial charge in [0.05, 0.1) is 7.11 Å². The molecule has 0 saturated carbocycles. The van der Waals surface area contributed by atoms with E-state index in [-0.39, 0.29) is 6.61 Å². The molecule has 1 rings (SSSR count). The van der Waals surface area contributed by atoms with E-state index >= 15 is 0 Å². The topological polar surface area (TPSA) is 85.9 Å². The first kappa shape index (κ1) is 15.6. The molecule has 0 aromatic heterocycles. The molecule has 3 N–H and O–H groups in total. The fourth-order valence-corrected chi connectivity index (χ4v) is 1.18. The van der Waals surface area contributed by atoms with Crippen LogP contribution in [0.25, 0.3) is 0 Å². The zero-order chi connectivity index (χ0) is 15.2. The lowest BCUT2D eigenvalue weighted by Crippen LogP contribution is -2.38. The number of hydrogen-bond donors (Lipinski definition) is 2. The highest BCUT2D eigenvalue weighted by molar-refractivity contribution is 5.92. The van der Waals surface area contributed by atoms with Gasteiger partial charge in [0.2, 0.25) is 5.96 Å². The normalized spacial score (nSPS) is 11.9. The summed E-state index contributed by atoms with van der Waals surface area (Å²) >= 11 is 0. The number of alkyl carbamates (subject to hydrolysis) is 1. The molecule has 1 aromatic carbocycles. The minimum absolute atomic E-state index is 0.130. The molecule has 6 nitrogen and oxygen atoms in total. The van der Waals surface area contributed by atoms with Gasteiger partial charge in [-0.05, 0) is 17.7 Å². The molecule has 0 aliphatic heterocycles. The van der Waals surface area contributed by atoms with E-state index in [0.717, 1.165) is 0 Å². The molecule has 110 valence electrons. The number of nitrogens with zero attached hydrogens (tertiary/aromatic N) is 1.